The molecular formula is C33H68. The highest BCUT2D eigenvalue weighted by atomic mass is 14.1. The van der Waals surface area contributed by atoms with E-state index in [-0.39, 0.29) is 0 Å². The zero-order valence-corrected chi connectivity index (χ0v) is 24.2. The average molecular weight is 465 g/mol. The Balaban J connectivity index is 3.08. The molecule has 0 aliphatic rings. The topological polar surface area (TPSA) is 0 Å². The maximum Gasteiger partial charge on any atom is -0.0440 e. The number of hydrogen-bond acceptors (Lipinski definition) is 0. The molecule has 0 saturated heterocycles. The minimum atomic E-state index is 0.925. The summed E-state index contributed by atoms with van der Waals surface area (Å²) in [7, 11) is 0. The molecule has 0 aliphatic heterocycles. The number of rotatable bonds is 28. The van der Waals surface area contributed by atoms with Gasteiger partial charge in [0, 0.05) is 0 Å². The summed E-state index contributed by atoms with van der Waals surface area (Å²) in [5.74, 6) is 1.87. The van der Waals surface area contributed by atoms with Crippen LogP contribution in [0.5, 0.6) is 0 Å². The summed E-state index contributed by atoms with van der Waals surface area (Å²) < 4.78 is 0. The van der Waals surface area contributed by atoms with E-state index < -0.39 is 0 Å². The summed E-state index contributed by atoms with van der Waals surface area (Å²) in [5.41, 5.74) is 0. The Morgan fingerprint density at radius 1 is 0.333 bits per heavy atom. The van der Waals surface area contributed by atoms with Crippen molar-refractivity contribution in [3.8, 4) is 0 Å². The van der Waals surface area contributed by atoms with Crippen molar-refractivity contribution in [2.45, 2.75) is 201 Å². The molecule has 200 valence electrons. The zero-order valence-electron chi connectivity index (χ0n) is 24.2. The average Bonchev–Trinajstić information content (AvgIpc) is 2.81. The quantitative estimate of drug-likeness (QED) is 0.101. The van der Waals surface area contributed by atoms with E-state index in [0.717, 1.165) is 11.8 Å². The molecule has 2 unspecified atom stereocenters. The lowest BCUT2D eigenvalue weighted by molar-refractivity contribution is 0.374. The van der Waals surface area contributed by atoms with Crippen LogP contribution in [0.25, 0.3) is 0 Å². The highest BCUT2D eigenvalue weighted by molar-refractivity contribution is 4.59. The summed E-state index contributed by atoms with van der Waals surface area (Å²) in [5, 5.41) is 0. The first-order valence-corrected chi connectivity index (χ1v) is 16.2. The Morgan fingerprint density at radius 2 is 0.606 bits per heavy atom. The van der Waals surface area contributed by atoms with Crippen LogP contribution in [0, 0.1) is 11.8 Å². The maximum atomic E-state index is 2.46. The second-order valence-corrected chi connectivity index (χ2v) is 11.8. The van der Waals surface area contributed by atoms with E-state index in [4.69, 9.17) is 0 Å². The van der Waals surface area contributed by atoms with E-state index in [0.29, 0.717) is 0 Å². The molecule has 0 bridgehead atoms. The molecule has 0 aromatic rings. The van der Waals surface area contributed by atoms with Crippen LogP contribution >= 0.6 is 0 Å². The molecule has 0 N–H and O–H groups in total. The fourth-order valence-corrected chi connectivity index (χ4v) is 5.43. The van der Waals surface area contributed by atoms with Crippen LogP contribution in [0.3, 0.4) is 0 Å². The molecule has 0 fully saturated rings. The van der Waals surface area contributed by atoms with Crippen molar-refractivity contribution in [1.82, 2.24) is 0 Å². The van der Waals surface area contributed by atoms with Gasteiger partial charge in [-0.3, -0.25) is 0 Å². The van der Waals surface area contributed by atoms with Crippen LogP contribution in [0.1, 0.15) is 201 Å². The molecule has 0 radical (unpaired) electrons. The Bertz CT molecular complexity index is 333. The lowest BCUT2D eigenvalue weighted by Gasteiger charge is -2.15. The number of hydrogen-bond donors (Lipinski definition) is 0. The normalized spacial score (nSPS) is 13.5. The van der Waals surface area contributed by atoms with Crippen LogP contribution in [0.15, 0.2) is 0 Å². The lowest BCUT2D eigenvalue weighted by atomic mass is 9.91. The molecule has 2 atom stereocenters. The van der Waals surface area contributed by atoms with Crippen LogP contribution in [0.4, 0.5) is 0 Å². The molecule has 0 nitrogen and oxygen atoms in total. The van der Waals surface area contributed by atoms with Gasteiger partial charge in [-0.1, -0.05) is 195 Å². The van der Waals surface area contributed by atoms with E-state index in [9.17, 15) is 0 Å². The van der Waals surface area contributed by atoms with Crippen molar-refractivity contribution in [1.29, 1.82) is 0 Å². The second-order valence-electron chi connectivity index (χ2n) is 11.8. The van der Waals surface area contributed by atoms with Crippen LogP contribution in [-0.4, -0.2) is 0 Å². The van der Waals surface area contributed by atoms with Crippen molar-refractivity contribution in [3.05, 3.63) is 0 Å². The predicted octanol–water partition coefficient (Wildman–Crippen LogP) is 12.8. The van der Waals surface area contributed by atoms with Crippen molar-refractivity contribution >= 4 is 0 Å². The molecule has 0 aliphatic carbocycles. The van der Waals surface area contributed by atoms with Gasteiger partial charge in [0.2, 0.25) is 0 Å². The van der Waals surface area contributed by atoms with Gasteiger partial charge in [-0.2, -0.15) is 0 Å². The Kier molecular flexibility index (Phi) is 28.2. The molecule has 0 aromatic carbocycles. The highest BCUT2D eigenvalue weighted by Crippen LogP contribution is 2.21. The summed E-state index contributed by atoms with van der Waals surface area (Å²) in [6.45, 7) is 9.51. The first-order valence-electron chi connectivity index (χ1n) is 16.2. The monoisotopic (exact) mass is 465 g/mol. The third kappa shape index (κ3) is 28.1. The third-order valence-corrected chi connectivity index (χ3v) is 8.05. The van der Waals surface area contributed by atoms with Gasteiger partial charge in [-0.15, -0.1) is 0 Å². The Hall–Kier alpha value is 0. The van der Waals surface area contributed by atoms with E-state index in [2.05, 4.69) is 27.7 Å². The molecule has 0 rings (SSSR count). The second kappa shape index (κ2) is 28.2. The van der Waals surface area contributed by atoms with Crippen LogP contribution < -0.4 is 0 Å². The van der Waals surface area contributed by atoms with Gasteiger partial charge >= 0.3 is 0 Å². The van der Waals surface area contributed by atoms with Crippen LogP contribution in [-0.2, 0) is 0 Å². The molecular weight excluding hydrogens is 396 g/mol. The molecule has 0 amide bonds. The Labute approximate surface area is 212 Å². The largest absolute Gasteiger partial charge is 0.0654 e. The summed E-state index contributed by atoms with van der Waals surface area (Å²) in [6, 6.07) is 0. The van der Waals surface area contributed by atoms with E-state index in [1.807, 2.05) is 0 Å². The van der Waals surface area contributed by atoms with Gasteiger partial charge in [-0.05, 0) is 18.3 Å². The SMILES string of the molecule is CCCCCCCCCCCCCCCCCCCCCCCCCCC(C)CC(C)CC. The van der Waals surface area contributed by atoms with Crippen molar-refractivity contribution in [2.24, 2.45) is 11.8 Å². The molecule has 0 heterocycles. The third-order valence-electron chi connectivity index (χ3n) is 8.05. The minimum absolute atomic E-state index is 0.925. The Morgan fingerprint density at radius 3 is 0.879 bits per heavy atom. The van der Waals surface area contributed by atoms with Gasteiger partial charge in [0.15, 0.2) is 0 Å². The molecule has 33 heavy (non-hydrogen) atoms. The fraction of sp³-hybridized carbons (Fsp3) is 1.00. The molecule has 0 aromatic heterocycles. The molecule has 0 saturated carbocycles. The first-order chi connectivity index (χ1) is 16.2. The van der Waals surface area contributed by atoms with E-state index in [1.165, 1.54) is 173 Å². The zero-order chi connectivity index (χ0) is 24.2. The minimum Gasteiger partial charge on any atom is -0.0654 e. The van der Waals surface area contributed by atoms with Gasteiger partial charge in [0.1, 0.15) is 0 Å². The van der Waals surface area contributed by atoms with Gasteiger partial charge in [0.05, 0.1) is 0 Å². The van der Waals surface area contributed by atoms with E-state index >= 15 is 0 Å². The van der Waals surface area contributed by atoms with Crippen molar-refractivity contribution in [3.63, 3.8) is 0 Å². The van der Waals surface area contributed by atoms with Crippen LogP contribution in [0.2, 0.25) is 0 Å². The smallest absolute Gasteiger partial charge is 0.0440 e. The van der Waals surface area contributed by atoms with Crippen molar-refractivity contribution < 1.29 is 0 Å². The summed E-state index contributed by atoms with van der Waals surface area (Å²) in [4.78, 5) is 0. The molecule has 0 heteroatoms. The van der Waals surface area contributed by atoms with Crippen molar-refractivity contribution in [2.75, 3.05) is 0 Å². The molecule has 0 spiro atoms. The predicted molar refractivity (Wildman–Crippen MR) is 154 cm³/mol. The van der Waals surface area contributed by atoms with Gasteiger partial charge < -0.3 is 0 Å². The highest BCUT2D eigenvalue weighted by Gasteiger charge is 2.06. The maximum absolute atomic E-state index is 2.46. The van der Waals surface area contributed by atoms with Gasteiger partial charge in [0.25, 0.3) is 0 Å². The fourth-order valence-electron chi connectivity index (χ4n) is 5.43. The number of unbranched alkanes of at least 4 members (excludes halogenated alkanes) is 23. The standard InChI is InChI=1S/C33H68/c1-5-7-8-9-10-11-12-13-14-15-16-17-18-19-20-21-22-23-24-25-26-27-28-29-30-33(4)31-32(3)6-2/h32-33H,5-31H2,1-4H3. The van der Waals surface area contributed by atoms with E-state index in [1.54, 1.807) is 0 Å². The summed E-state index contributed by atoms with van der Waals surface area (Å²) in [6.07, 6.45) is 39.8. The van der Waals surface area contributed by atoms with Gasteiger partial charge in [-0.25, -0.2) is 0 Å². The lowest BCUT2D eigenvalue weighted by Crippen LogP contribution is -2.02. The summed E-state index contributed by atoms with van der Waals surface area (Å²) >= 11 is 0. The first kappa shape index (κ1) is 33.0.